The molecule has 1 aliphatic carbocycles. The molecule has 2 rings (SSSR count). The summed E-state index contributed by atoms with van der Waals surface area (Å²) in [6.45, 7) is 0. The van der Waals surface area contributed by atoms with Crippen molar-refractivity contribution >= 4 is 15.9 Å². The van der Waals surface area contributed by atoms with Gasteiger partial charge in [-0.05, 0) is 40.4 Å². The van der Waals surface area contributed by atoms with Gasteiger partial charge in [-0.3, -0.25) is 0 Å². The fraction of sp³-hybridized carbons (Fsp3) is 0.333. The number of phenolic OH excluding ortho intramolecular Hbond substituents is 1. The van der Waals surface area contributed by atoms with E-state index in [4.69, 9.17) is 5.73 Å². The maximum Gasteiger partial charge on any atom is 0.134 e. The monoisotopic (exact) mass is 227 g/mol. The standard InChI is InChI=1S/C9H10BrNO/c10-6-3-1-5-2-4-7(11)8(5)9(6)12/h1,3,7,12H,2,4,11H2. The number of aryl methyl sites for hydroxylation is 1. The van der Waals surface area contributed by atoms with Gasteiger partial charge < -0.3 is 10.8 Å². The van der Waals surface area contributed by atoms with Crippen LogP contribution >= 0.6 is 15.9 Å². The molecule has 1 aromatic carbocycles. The van der Waals surface area contributed by atoms with Gasteiger partial charge >= 0.3 is 0 Å². The molecule has 0 heterocycles. The summed E-state index contributed by atoms with van der Waals surface area (Å²) in [4.78, 5) is 0. The minimum absolute atomic E-state index is 0.0116. The number of benzene rings is 1. The lowest BCUT2D eigenvalue weighted by atomic mass is 10.1. The minimum Gasteiger partial charge on any atom is -0.506 e. The van der Waals surface area contributed by atoms with Crippen LogP contribution < -0.4 is 5.73 Å². The largest absolute Gasteiger partial charge is 0.506 e. The summed E-state index contributed by atoms with van der Waals surface area (Å²) in [6, 6.07) is 3.90. The van der Waals surface area contributed by atoms with E-state index in [1.165, 1.54) is 5.56 Å². The van der Waals surface area contributed by atoms with Crippen LogP contribution in [0, 0.1) is 0 Å². The average molecular weight is 228 g/mol. The van der Waals surface area contributed by atoms with Crippen molar-refractivity contribution in [3.8, 4) is 5.75 Å². The van der Waals surface area contributed by atoms with Crippen LogP contribution in [0.25, 0.3) is 0 Å². The summed E-state index contributed by atoms with van der Waals surface area (Å²) in [7, 11) is 0. The van der Waals surface area contributed by atoms with Crippen molar-refractivity contribution in [3.05, 3.63) is 27.7 Å². The minimum atomic E-state index is 0.0116. The first-order chi connectivity index (χ1) is 5.70. The molecule has 1 aromatic rings. The van der Waals surface area contributed by atoms with Crippen LogP contribution in [0.4, 0.5) is 0 Å². The lowest BCUT2D eigenvalue weighted by molar-refractivity contribution is 0.460. The number of aromatic hydroxyl groups is 1. The highest BCUT2D eigenvalue weighted by atomic mass is 79.9. The second kappa shape index (κ2) is 2.75. The number of phenols is 1. The highest BCUT2D eigenvalue weighted by Crippen LogP contribution is 2.39. The van der Waals surface area contributed by atoms with E-state index in [9.17, 15) is 5.11 Å². The maximum absolute atomic E-state index is 9.66. The highest BCUT2D eigenvalue weighted by molar-refractivity contribution is 9.10. The van der Waals surface area contributed by atoms with Crippen LogP contribution in [-0.4, -0.2) is 5.11 Å². The van der Waals surface area contributed by atoms with Crippen LogP contribution in [0.15, 0.2) is 16.6 Å². The van der Waals surface area contributed by atoms with Crippen LogP contribution in [0.2, 0.25) is 0 Å². The van der Waals surface area contributed by atoms with Crippen LogP contribution in [0.5, 0.6) is 5.75 Å². The van der Waals surface area contributed by atoms with Gasteiger partial charge in [0.2, 0.25) is 0 Å². The van der Waals surface area contributed by atoms with Gasteiger partial charge in [0.25, 0.3) is 0 Å². The summed E-state index contributed by atoms with van der Waals surface area (Å²) in [5.41, 5.74) is 7.94. The fourth-order valence-corrected chi connectivity index (χ4v) is 2.06. The molecule has 1 atom stereocenters. The summed E-state index contributed by atoms with van der Waals surface area (Å²) in [6.07, 6.45) is 1.93. The third-order valence-electron chi connectivity index (χ3n) is 2.35. The number of hydrogen-bond donors (Lipinski definition) is 2. The van der Waals surface area contributed by atoms with Gasteiger partial charge in [0.05, 0.1) is 4.47 Å². The van der Waals surface area contributed by atoms with Gasteiger partial charge in [0.15, 0.2) is 0 Å². The summed E-state index contributed by atoms with van der Waals surface area (Å²) < 4.78 is 0.735. The van der Waals surface area contributed by atoms with Crippen LogP contribution in [0.1, 0.15) is 23.6 Å². The Hall–Kier alpha value is -0.540. The lowest BCUT2D eigenvalue weighted by Crippen LogP contribution is -2.05. The molecule has 3 heteroatoms. The third-order valence-corrected chi connectivity index (χ3v) is 2.99. The number of fused-ring (bicyclic) bond motifs is 1. The Labute approximate surface area is 79.5 Å². The molecule has 0 fully saturated rings. The number of hydrogen-bond acceptors (Lipinski definition) is 2. The molecular weight excluding hydrogens is 218 g/mol. The SMILES string of the molecule is NC1CCc2ccc(Br)c(O)c21. The van der Waals surface area contributed by atoms with Gasteiger partial charge in [-0.25, -0.2) is 0 Å². The Morgan fingerprint density at radius 1 is 1.50 bits per heavy atom. The van der Waals surface area contributed by atoms with E-state index in [0.717, 1.165) is 22.9 Å². The molecule has 0 radical (unpaired) electrons. The molecule has 0 bridgehead atoms. The van der Waals surface area contributed by atoms with Gasteiger partial charge in [-0.1, -0.05) is 6.07 Å². The van der Waals surface area contributed by atoms with Crippen LogP contribution in [0.3, 0.4) is 0 Å². The van der Waals surface area contributed by atoms with Crippen molar-refractivity contribution in [2.45, 2.75) is 18.9 Å². The summed E-state index contributed by atoms with van der Waals surface area (Å²) in [5, 5.41) is 9.66. The van der Waals surface area contributed by atoms with E-state index in [0.29, 0.717) is 5.75 Å². The molecule has 12 heavy (non-hydrogen) atoms. The number of rotatable bonds is 0. The van der Waals surface area contributed by atoms with Gasteiger partial charge in [-0.15, -0.1) is 0 Å². The zero-order chi connectivity index (χ0) is 8.72. The van der Waals surface area contributed by atoms with Crippen molar-refractivity contribution in [2.75, 3.05) is 0 Å². The van der Waals surface area contributed by atoms with E-state index in [-0.39, 0.29) is 6.04 Å². The fourth-order valence-electron chi connectivity index (χ4n) is 1.71. The van der Waals surface area contributed by atoms with Gasteiger partial charge in [0, 0.05) is 11.6 Å². The molecule has 1 unspecified atom stereocenters. The molecule has 0 saturated carbocycles. The molecule has 0 aromatic heterocycles. The van der Waals surface area contributed by atoms with Crippen LogP contribution in [-0.2, 0) is 6.42 Å². The van der Waals surface area contributed by atoms with Crippen molar-refractivity contribution in [1.29, 1.82) is 0 Å². The van der Waals surface area contributed by atoms with E-state index < -0.39 is 0 Å². The third kappa shape index (κ3) is 1.04. The molecular formula is C9H10BrNO. The van der Waals surface area contributed by atoms with E-state index >= 15 is 0 Å². The van der Waals surface area contributed by atoms with Crippen molar-refractivity contribution in [2.24, 2.45) is 5.73 Å². The highest BCUT2D eigenvalue weighted by Gasteiger charge is 2.23. The molecule has 64 valence electrons. The Morgan fingerprint density at radius 2 is 2.25 bits per heavy atom. The van der Waals surface area contributed by atoms with Crippen molar-refractivity contribution < 1.29 is 5.11 Å². The normalized spacial score (nSPS) is 21.0. The Bertz CT molecular complexity index is 325. The molecule has 0 spiro atoms. The predicted molar refractivity (Wildman–Crippen MR) is 51.1 cm³/mol. The molecule has 0 saturated heterocycles. The predicted octanol–water partition coefficient (Wildman–Crippen LogP) is 2.10. The molecule has 3 N–H and O–H groups in total. The molecule has 0 amide bonds. The molecule has 2 nitrogen and oxygen atoms in total. The quantitative estimate of drug-likeness (QED) is 0.714. The zero-order valence-electron chi connectivity index (χ0n) is 6.55. The Balaban J connectivity index is 2.63. The number of halogens is 1. The molecule has 0 aliphatic heterocycles. The first-order valence-corrected chi connectivity index (χ1v) is 4.75. The first kappa shape index (κ1) is 8.08. The smallest absolute Gasteiger partial charge is 0.134 e. The van der Waals surface area contributed by atoms with E-state index in [1.807, 2.05) is 12.1 Å². The topological polar surface area (TPSA) is 46.2 Å². The van der Waals surface area contributed by atoms with E-state index in [1.54, 1.807) is 0 Å². The average Bonchev–Trinajstić information content (AvgIpc) is 2.41. The van der Waals surface area contributed by atoms with Gasteiger partial charge in [0.1, 0.15) is 5.75 Å². The van der Waals surface area contributed by atoms with Crippen molar-refractivity contribution in [3.63, 3.8) is 0 Å². The summed E-state index contributed by atoms with van der Waals surface area (Å²) in [5.74, 6) is 0.317. The van der Waals surface area contributed by atoms with E-state index in [2.05, 4.69) is 15.9 Å². The van der Waals surface area contributed by atoms with Crippen molar-refractivity contribution in [1.82, 2.24) is 0 Å². The maximum atomic E-state index is 9.66. The Morgan fingerprint density at radius 3 is 3.00 bits per heavy atom. The summed E-state index contributed by atoms with van der Waals surface area (Å²) >= 11 is 3.27. The van der Waals surface area contributed by atoms with Gasteiger partial charge in [-0.2, -0.15) is 0 Å². The zero-order valence-corrected chi connectivity index (χ0v) is 8.13. The molecule has 1 aliphatic rings. The lowest BCUT2D eigenvalue weighted by Gasteiger charge is -2.08. The Kier molecular flexibility index (Phi) is 1.85. The second-order valence-corrected chi connectivity index (χ2v) is 3.97. The number of nitrogens with two attached hydrogens (primary N) is 1. The first-order valence-electron chi connectivity index (χ1n) is 3.96. The second-order valence-electron chi connectivity index (χ2n) is 3.11.